The smallest absolute Gasteiger partial charge is 0.254 e. The second-order valence-corrected chi connectivity index (χ2v) is 9.78. The molecule has 8 heteroatoms. The number of pyridine rings is 1. The molecule has 2 N–H and O–H groups in total. The zero-order valence-electron chi connectivity index (χ0n) is 20.2. The number of benzene rings is 1. The minimum Gasteiger partial charge on any atom is -0.492 e. The van der Waals surface area contributed by atoms with Gasteiger partial charge in [0, 0.05) is 42.3 Å². The van der Waals surface area contributed by atoms with Gasteiger partial charge in [-0.25, -0.2) is 4.98 Å². The van der Waals surface area contributed by atoms with Crippen molar-refractivity contribution in [3.8, 4) is 5.75 Å². The molecule has 0 saturated heterocycles. The molecule has 2 amide bonds. The van der Waals surface area contributed by atoms with Crippen LogP contribution in [0, 0.1) is 5.41 Å². The van der Waals surface area contributed by atoms with E-state index in [9.17, 15) is 9.59 Å². The maximum absolute atomic E-state index is 13.2. The molecule has 0 unspecified atom stereocenters. The van der Waals surface area contributed by atoms with Crippen LogP contribution in [0.3, 0.4) is 0 Å². The molecule has 0 aliphatic carbocycles. The highest BCUT2D eigenvalue weighted by Crippen LogP contribution is 2.23. The van der Waals surface area contributed by atoms with Crippen molar-refractivity contribution in [2.24, 2.45) is 5.41 Å². The Morgan fingerprint density at radius 1 is 1.18 bits per heavy atom. The summed E-state index contributed by atoms with van der Waals surface area (Å²) in [6.45, 7) is 11.9. The molecule has 33 heavy (non-hydrogen) atoms. The Balaban J connectivity index is 1.96. The lowest BCUT2D eigenvalue weighted by atomic mass is 9.97. The van der Waals surface area contributed by atoms with Crippen molar-refractivity contribution in [1.82, 2.24) is 15.2 Å². The van der Waals surface area contributed by atoms with Crippen LogP contribution in [0.2, 0.25) is 5.02 Å². The van der Waals surface area contributed by atoms with Gasteiger partial charge in [-0.3, -0.25) is 9.59 Å². The largest absolute Gasteiger partial charge is 0.492 e. The van der Waals surface area contributed by atoms with Gasteiger partial charge in [0.2, 0.25) is 5.91 Å². The van der Waals surface area contributed by atoms with E-state index in [0.29, 0.717) is 42.6 Å². The first-order chi connectivity index (χ1) is 15.5. The summed E-state index contributed by atoms with van der Waals surface area (Å²) in [7, 11) is 0. The molecule has 0 aliphatic heterocycles. The Hall–Kier alpha value is -2.80. The van der Waals surface area contributed by atoms with Gasteiger partial charge in [-0.2, -0.15) is 0 Å². The van der Waals surface area contributed by atoms with Crippen molar-refractivity contribution in [1.29, 1.82) is 0 Å². The fourth-order valence-corrected chi connectivity index (χ4v) is 3.24. The third kappa shape index (κ3) is 9.70. The molecule has 7 nitrogen and oxygen atoms in total. The number of aromatic nitrogens is 1. The average Bonchev–Trinajstić information content (AvgIpc) is 2.75. The summed E-state index contributed by atoms with van der Waals surface area (Å²) in [6, 6.07) is 10.5. The van der Waals surface area contributed by atoms with E-state index in [1.807, 2.05) is 32.0 Å². The monoisotopic (exact) mass is 474 g/mol. The first kappa shape index (κ1) is 26.5. The van der Waals surface area contributed by atoms with Crippen molar-refractivity contribution in [2.45, 2.75) is 47.1 Å². The summed E-state index contributed by atoms with van der Waals surface area (Å²) in [5.41, 5.74) is 0.437. The quantitative estimate of drug-likeness (QED) is 0.464. The average molecular weight is 475 g/mol. The third-order valence-electron chi connectivity index (χ3n) is 4.74. The maximum atomic E-state index is 13.2. The van der Waals surface area contributed by atoms with Crippen molar-refractivity contribution >= 4 is 29.2 Å². The highest BCUT2D eigenvalue weighted by molar-refractivity contribution is 6.31. The molecular weight excluding hydrogens is 440 g/mol. The number of anilines is 1. The highest BCUT2D eigenvalue weighted by atomic mass is 35.5. The van der Waals surface area contributed by atoms with Crippen LogP contribution < -0.4 is 15.4 Å². The van der Waals surface area contributed by atoms with Crippen molar-refractivity contribution in [3.63, 3.8) is 0 Å². The van der Waals surface area contributed by atoms with Gasteiger partial charge in [0.15, 0.2) is 0 Å². The minimum absolute atomic E-state index is 0.00747. The summed E-state index contributed by atoms with van der Waals surface area (Å²) in [5.74, 6) is 1.02. The molecule has 1 aromatic carbocycles. The second-order valence-electron chi connectivity index (χ2n) is 9.35. The summed E-state index contributed by atoms with van der Waals surface area (Å²) >= 11 is 6.26. The molecule has 0 fully saturated rings. The zero-order chi connectivity index (χ0) is 24.4. The Morgan fingerprint density at radius 2 is 1.94 bits per heavy atom. The predicted octanol–water partition coefficient (Wildman–Crippen LogP) is 4.63. The van der Waals surface area contributed by atoms with Gasteiger partial charge in [0.25, 0.3) is 5.91 Å². The van der Waals surface area contributed by atoms with Gasteiger partial charge in [-0.15, -0.1) is 0 Å². The Bertz CT molecular complexity index is 914. The van der Waals surface area contributed by atoms with Crippen molar-refractivity contribution < 1.29 is 14.3 Å². The predicted molar refractivity (Wildman–Crippen MR) is 133 cm³/mol. The molecule has 0 saturated carbocycles. The Morgan fingerprint density at radius 3 is 2.58 bits per heavy atom. The van der Waals surface area contributed by atoms with Gasteiger partial charge >= 0.3 is 0 Å². The van der Waals surface area contributed by atoms with Crippen LogP contribution in [-0.2, 0) is 4.79 Å². The summed E-state index contributed by atoms with van der Waals surface area (Å²) in [6.07, 6.45) is 1.95. The lowest BCUT2D eigenvalue weighted by Gasteiger charge is -2.27. The van der Waals surface area contributed by atoms with Crippen molar-refractivity contribution in [3.05, 3.63) is 53.2 Å². The normalized spacial score (nSPS) is 11.2. The molecule has 0 bridgehead atoms. The van der Waals surface area contributed by atoms with E-state index in [1.165, 1.54) is 0 Å². The summed E-state index contributed by atoms with van der Waals surface area (Å²) in [5, 5.41) is 6.51. The van der Waals surface area contributed by atoms with E-state index < -0.39 is 0 Å². The van der Waals surface area contributed by atoms with Gasteiger partial charge in [-0.1, -0.05) is 38.4 Å². The number of carbonyl (C=O) groups excluding carboxylic acids is 2. The zero-order valence-corrected chi connectivity index (χ0v) is 20.9. The van der Waals surface area contributed by atoms with Crippen LogP contribution >= 0.6 is 11.6 Å². The number of ether oxygens (including phenoxy) is 1. The van der Waals surface area contributed by atoms with Crippen LogP contribution in [0.5, 0.6) is 5.75 Å². The van der Waals surface area contributed by atoms with Gasteiger partial charge in [0.1, 0.15) is 18.2 Å². The maximum Gasteiger partial charge on any atom is 0.254 e. The molecule has 1 aromatic heterocycles. The first-order valence-electron chi connectivity index (χ1n) is 11.2. The molecule has 0 aliphatic rings. The van der Waals surface area contributed by atoms with Gasteiger partial charge in [0.05, 0.1) is 6.54 Å². The van der Waals surface area contributed by atoms with E-state index >= 15 is 0 Å². The fraction of sp³-hybridized carbons (Fsp3) is 0.480. The van der Waals surface area contributed by atoms with E-state index in [4.69, 9.17) is 16.3 Å². The lowest BCUT2D eigenvalue weighted by molar-refractivity contribution is -0.121. The highest BCUT2D eigenvalue weighted by Gasteiger charge is 2.21. The Kier molecular flexibility index (Phi) is 9.97. The number of halogens is 1. The van der Waals surface area contributed by atoms with Crippen LogP contribution in [0.1, 0.15) is 51.4 Å². The number of amides is 2. The SMILES string of the molecule is CC(C)N(CCC(=O)NCC(C)(C)C)C(=O)c1cc(Cl)cc(OCCNc2ccccn2)c1. The topological polar surface area (TPSA) is 83.6 Å². The van der Waals surface area contributed by atoms with Gasteiger partial charge < -0.3 is 20.3 Å². The molecule has 0 radical (unpaired) electrons. The minimum atomic E-state index is -0.187. The fourth-order valence-electron chi connectivity index (χ4n) is 3.02. The number of carbonyl (C=O) groups is 2. The molecule has 0 atom stereocenters. The van der Waals surface area contributed by atoms with Crippen molar-refractivity contribution in [2.75, 3.05) is 31.6 Å². The molecule has 180 valence electrons. The number of rotatable bonds is 11. The van der Waals surface area contributed by atoms with Crippen LogP contribution in [-0.4, -0.2) is 54.0 Å². The summed E-state index contributed by atoms with van der Waals surface area (Å²) in [4.78, 5) is 31.3. The second kappa shape index (κ2) is 12.4. The summed E-state index contributed by atoms with van der Waals surface area (Å²) < 4.78 is 5.79. The van der Waals surface area contributed by atoms with Crippen LogP contribution in [0.15, 0.2) is 42.6 Å². The molecule has 0 spiro atoms. The van der Waals surface area contributed by atoms with Crippen LogP contribution in [0.4, 0.5) is 5.82 Å². The van der Waals surface area contributed by atoms with E-state index in [-0.39, 0.29) is 29.7 Å². The number of hydrogen-bond donors (Lipinski definition) is 2. The molecule has 1 heterocycles. The molecular formula is C25H35ClN4O3. The molecule has 2 rings (SSSR count). The van der Waals surface area contributed by atoms with E-state index in [1.54, 1.807) is 29.3 Å². The van der Waals surface area contributed by atoms with Gasteiger partial charge in [-0.05, 0) is 49.6 Å². The van der Waals surface area contributed by atoms with E-state index in [2.05, 4.69) is 36.4 Å². The van der Waals surface area contributed by atoms with E-state index in [0.717, 1.165) is 5.82 Å². The Labute approximate surface area is 201 Å². The number of nitrogens with one attached hydrogen (secondary N) is 2. The standard InChI is InChI=1S/C25H35ClN4O3/c1-18(2)30(12-9-23(31)29-17-25(3,4)5)24(32)19-14-20(26)16-21(15-19)33-13-11-28-22-8-6-7-10-27-22/h6-8,10,14-16,18H,9,11-13,17H2,1-5H3,(H,27,28)(H,29,31). The van der Waals surface area contributed by atoms with Crippen LogP contribution in [0.25, 0.3) is 0 Å². The third-order valence-corrected chi connectivity index (χ3v) is 4.96. The lowest BCUT2D eigenvalue weighted by Crippen LogP contribution is -2.40. The molecule has 2 aromatic rings. The number of hydrogen-bond acceptors (Lipinski definition) is 5. The number of nitrogens with zero attached hydrogens (tertiary/aromatic N) is 2. The first-order valence-corrected chi connectivity index (χ1v) is 11.6.